The van der Waals surface area contributed by atoms with E-state index in [0.29, 0.717) is 12.1 Å². The van der Waals surface area contributed by atoms with Gasteiger partial charge < -0.3 is 16.6 Å². The number of aliphatic hydroxyl groups is 1. The number of hydrogen-bond acceptors (Lipinski definition) is 3. The molecule has 6 heteroatoms. The Hall–Kier alpha value is 0.190. The van der Waals surface area contributed by atoms with Gasteiger partial charge in [-0.2, -0.15) is 0 Å². The third kappa shape index (κ3) is 4.22. The molecule has 0 aliphatic heterocycles. The van der Waals surface area contributed by atoms with E-state index in [2.05, 4.69) is 31.9 Å². The maximum absolute atomic E-state index is 8.74. The number of aliphatic hydroxyl groups excluding tert-OH is 1. The molecule has 0 aromatic heterocycles. The van der Waals surface area contributed by atoms with Crippen LogP contribution in [0.3, 0.4) is 0 Å². The van der Waals surface area contributed by atoms with E-state index in [0.717, 1.165) is 20.9 Å². The predicted molar refractivity (Wildman–Crippen MR) is 76.8 cm³/mol. The largest absolute Gasteiger partial charge is 0.398 e. The van der Waals surface area contributed by atoms with E-state index in [1.54, 1.807) is 0 Å². The van der Waals surface area contributed by atoms with E-state index in [4.69, 9.17) is 16.6 Å². The Bertz CT molecular complexity index is 350. The van der Waals surface area contributed by atoms with Gasteiger partial charge in [0.05, 0.1) is 5.69 Å². The first-order chi connectivity index (χ1) is 7.06. The molecule has 1 atom stereocenters. The van der Waals surface area contributed by atoms with Gasteiger partial charge in [-0.25, -0.2) is 0 Å². The molecular formula is C10H15Br2ClN2O. The number of rotatable bonds is 4. The summed E-state index contributed by atoms with van der Waals surface area (Å²) in [6.07, 6.45) is 1.41. The smallest absolute Gasteiger partial charge is 0.0507 e. The summed E-state index contributed by atoms with van der Waals surface area (Å²) in [5.41, 5.74) is 13.5. The van der Waals surface area contributed by atoms with Gasteiger partial charge in [0.2, 0.25) is 0 Å². The molecule has 92 valence electrons. The number of anilines is 1. The van der Waals surface area contributed by atoms with Crippen LogP contribution in [0.5, 0.6) is 0 Å². The van der Waals surface area contributed by atoms with Crippen molar-refractivity contribution in [1.82, 2.24) is 0 Å². The molecule has 0 bridgehead atoms. The van der Waals surface area contributed by atoms with Crippen LogP contribution in [0, 0.1) is 0 Å². The first-order valence-corrected chi connectivity index (χ1v) is 6.25. The fourth-order valence-corrected chi connectivity index (χ4v) is 2.64. The van der Waals surface area contributed by atoms with Crippen molar-refractivity contribution in [1.29, 1.82) is 0 Å². The summed E-state index contributed by atoms with van der Waals surface area (Å²) in [5.74, 6) is 0. The van der Waals surface area contributed by atoms with E-state index in [9.17, 15) is 0 Å². The Morgan fingerprint density at radius 1 is 1.31 bits per heavy atom. The van der Waals surface area contributed by atoms with Gasteiger partial charge in [0.25, 0.3) is 0 Å². The van der Waals surface area contributed by atoms with E-state index in [-0.39, 0.29) is 25.1 Å². The van der Waals surface area contributed by atoms with Gasteiger partial charge in [-0.15, -0.1) is 12.4 Å². The van der Waals surface area contributed by atoms with Crippen LogP contribution in [0.4, 0.5) is 5.69 Å². The van der Waals surface area contributed by atoms with Crippen LogP contribution in [-0.2, 0) is 0 Å². The molecule has 1 aromatic carbocycles. The molecule has 0 unspecified atom stereocenters. The summed E-state index contributed by atoms with van der Waals surface area (Å²) in [4.78, 5) is 0. The second-order valence-corrected chi connectivity index (χ2v) is 5.13. The van der Waals surface area contributed by atoms with Crippen molar-refractivity contribution < 1.29 is 5.11 Å². The van der Waals surface area contributed by atoms with E-state index >= 15 is 0 Å². The van der Waals surface area contributed by atoms with Crippen LogP contribution in [0.25, 0.3) is 0 Å². The minimum absolute atomic E-state index is 0. The highest BCUT2D eigenvalue weighted by atomic mass is 79.9. The van der Waals surface area contributed by atoms with Crippen LogP contribution in [0.2, 0.25) is 0 Å². The Labute approximate surface area is 118 Å². The number of halogens is 3. The van der Waals surface area contributed by atoms with Crippen LogP contribution in [0.15, 0.2) is 21.1 Å². The van der Waals surface area contributed by atoms with Crippen molar-refractivity contribution >= 4 is 50.0 Å². The van der Waals surface area contributed by atoms with Crippen LogP contribution in [0.1, 0.15) is 24.4 Å². The molecule has 0 saturated carbocycles. The van der Waals surface area contributed by atoms with Gasteiger partial charge in [-0.3, -0.25) is 0 Å². The average molecular weight is 375 g/mol. The second kappa shape index (κ2) is 7.50. The fraction of sp³-hybridized carbons (Fsp3) is 0.400. The Kier molecular flexibility index (Phi) is 7.59. The average Bonchev–Trinajstić information content (AvgIpc) is 2.19. The molecule has 16 heavy (non-hydrogen) atoms. The van der Waals surface area contributed by atoms with Crippen LogP contribution >= 0.6 is 44.3 Å². The SMILES string of the molecule is Cl.Nc1c(Br)cc(Br)cc1[C@H](N)CCCO. The summed E-state index contributed by atoms with van der Waals surface area (Å²) in [7, 11) is 0. The van der Waals surface area contributed by atoms with Crippen LogP contribution in [-0.4, -0.2) is 11.7 Å². The van der Waals surface area contributed by atoms with E-state index in [1.807, 2.05) is 12.1 Å². The Morgan fingerprint density at radius 2 is 1.94 bits per heavy atom. The number of benzene rings is 1. The zero-order chi connectivity index (χ0) is 11.4. The zero-order valence-electron chi connectivity index (χ0n) is 8.62. The Morgan fingerprint density at radius 3 is 2.50 bits per heavy atom. The lowest BCUT2D eigenvalue weighted by Crippen LogP contribution is -2.13. The predicted octanol–water partition coefficient (Wildman–Crippen LogP) is 2.99. The molecule has 0 aliphatic carbocycles. The molecule has 5 N–H and O–H groups in total. The van der Waals surface area contributed by atoms with Crippen molar-refractivity contribution in [2.75, 3.05) is 12.3 Å². The quantitative estimate of drug-likeness (QED) is 0.710. The minimum Gasteiger partial charge on any atom is -0.398 e. The number of hydrogen-bond donors (Lipinski definition) is 3. The summed E-state index contributed by atoms with van der Waals surface area (Å²) in [5, 5.41) is 8.74. The van der Waals surface area contributed by atoms with Crippen molar-refractivity contribution in [3.8, 4) is 0 Å². The molecular weight excluding hydrogens is 359 g/mol. The lowest BCUT2D eigenvalue weighted by atomic mass is 10.0. The highest BCUT2D eigenvalue weighted by Gasteiger charge is 2.12. The molecule has 3 nitrogen and oxygen atoms in total. The summed E-state index contributed by atoms with van der Waals surface area (Å²) in [6.45, 7) is 0.156. The first kappa shape index (κ1) is 16.2. The van der Waals surface area contributed by atoms with Gasteiger partial charge in [-0.05, 0) is 46.5 Å². The van der Waals surface area contributed by atoms with Gasteiger partial charge in [0.1, 0.15) is 0 Å². The topological polar surface area (TPSA) is 72.3 Å². The number of nitrogens with two attached hydrogens (primary N) is 2. The van der Waals surface area contributed by atoms with Crippen molar-refractivity contribution in [3.05, 3.63) is 26.6 Å². The monoisotopic (exact) mass is 372 g/mol. The highest BCUT2D eigenvalue weighted by Crippen LogP contribution is 2.32. The van der Waals surface area contributed by atoms with Crippen LogP contribution < -0.4 is 11.5 Å². The van der Waals surface area contributed by atoms with Gasteiger partial charge >= 0.3 is 0 Å². The zero-order valence-corrected chi connectivity index (χ0v) is 12.6. The van der Waals surface area contributed by atoms with E-state index in [1.165, 1.54) is 0 Å². The molecule has 0 fully saturated rings. The van der Waals surface area contributed by atoms with Gasteiger partial charge in [0.15, 0.2) is 0 Å². The third-order valence-corrected chi connectivity index (χ3v) is 3.31. The maximum atomic E-state index is 8.74. The molecule has 1 rings (SSSR count). The minimum atomic E-state index is -0.133. The standard InChI is InChI=1S/C10H14Br2N2O.ClH/c11-6-4-7(9(13)2-1-3-15)10(14)8(12)5-6;/h4-5,9,15H,1-3,13-14H2;1H/t9-;/m1./s1. The van der Waals surface area contributed by atoms with E-state index < -0.39 is 0 Å². The lowest BCUT2D eigenvalue weighted by molar-refractivity contribution is 0.280. The molecule has 0 aliphatic rings. The third-order valence-electron chi connectivity index (χ3n) is 2.20. The molecule has 0 heterocycles. The molecule has 0 spiro atoms. The Balaban J connectivity index is 0.00000225. The van der Waals surface area contributed by atoms with Gasteiger partial charge in [-0.1, -0.05) is 15.9 Å². The lowest BCUT2D eigenvalue weighted by Gasteiger charge is -2.15. The van der Waals surface area contributed by atoms with Gasteiger partial charge in [0, 0.05) is 21.6 Å². The summed E-state index contributed by atoms with van der Waals surface area (Å²) < 4.78 is 1.78. The maximum Gasteiger partial charge on any atom is 0.0507 e. The summed E-state index contributed by atoms with van der Waals surface area (Å²) in [6, 6.07) is 3.67. The summed E-state index contributed by atoms with van der Waals surface area (Å²) >= 11 is 6.77. The van der Waals surface area contributed by atoms with Crippen molar-refractivity contribution in [2.24, 2.45) is 5.73 Å². The molecule has 1 aromatic rings. The highest BCUT2D eigenvalue weighted by molar-refractivity contribution is 9.11. The number of nitrogen functional groups attached to an aromatic ring is 1. The molecule has 0 radical (unpaired) electrons. The van der Waals surface area contributed by atoms with Crippen molar-refractivity contribution in [2.45, 2.75) is 18.9 Å². The fourth-order valence-electron chi connectivity index (χ4n) is 1.38. The van der Waals surface area contributed by atoms with Crippen molar-refractivity contribution in [3.63, 3.8) is 0 Å². The molecule has 0 amide bonds. The second-order valence-electron chi connectivity index (χ2n) is 3.36. The normalized spacial score (nSPS) is 12.0. The first-order valence-electron chi connectivity index (χ1n) is 4.67. The molecule has 0 saturated heterocycles.